The average molecular weight is 291 g/mol. The molecule has 1 N–H and O–H groups in total. The highest BCUT2D eigenvalue weighted by Gasteiger charge is 2.40. The number of carboxylic acids is 1. The van der Waals surface area contributed by atoms with E-state index in [1.54, 1.807) is 0 Å². The molecule has 2 aromatic rings. The summed E-state index contributed by atoms with van der Waals surface area (Å²) >= 11 is 0.291. The molecule has 1 aromatic carbocycles. The second-order valence-electron chi connectivity index (χ2n) is 3.48. The van der Waals surface area contributed by atoms with Crippen LogP contribution in [0.1, 0.15) is 15.4 Å². The first kappa shape index (κ1) is 13.5. The van der Waals surface area contributed by atoms with Crippen LogP contribution in [-0.2, 0) is 6.18 Å². The molecule has 8 heteroatoms. The minimum Gasteiger partial charge on any atom is -0.477 e. The molecular formula is C11H5F4NO2S. The Hall–Kier alpha value is -1.96. The summed E-state index contributed by atoms with van der Waals surface area (Å²) < 4.78 is 51.3. The molecule has 3 nitrogen and oxygen atoms in total. The van der Waals surface area contributed by atoms with Crippen LogP contribution in [0.5, 0.6) is 0 Å². The standard InChI is InChI=1S/C11H5F4NO2S/c12-6-4-2-1-3-5(6)9-16-8(11(13,14)15)7(19-9)10(17)18/h1-4H,(H,17,18). The number of hydrogen-bond acceptors (Lipinski definition) is 3. The van der Waals surface area contributed by atoms with Crippen LogP contribution in [0.4, 0.5) is 17.6 Å². The Bertz CT molecular complexity index is 636. The number of alkyl halides is 3. The minimum absolute atomic E-state index is 0.162. The molecule has 0 amide bonds. The summed E-state index contributed by atoms with van der Waals surface area (Å²) in [5.74, 6) is -2.51. The summed E-state index contributed by atoms with van der Waals surface area (Å²) in [6.45, 7) is 0. The zero-order chi connectivity index (χ0) is 14.2. The molecule has 0 aliphatic carbocycles. The molecule has 0 atom stereocenters. The van der Waals surface area contributed by atoms with E-state index in [0.717, 1.165) is 6.07 Å². The molecule has 0 aliphatic heterocycles. The lowest BCUT2D eigenvalue weighted by molar-refractivity contribution is -0.141. The molecule has 0 aliphatic rings. The topological polar surface area (TPSA) is 50.2 Å². The molecule has 0 unspecified atom stereocenters. The Morgan fingerprint density at radius 2 is 1.89 bits per heavy atom. The van der Waals surface area contributed by atoms with E-state index < -0.39 is 28.5 Å². The maximum Gasteiger partial charge on any atom is 0.435 e. The van der Waals surface area contributed by atoms with Gasteiger partial charge in [-0.2, -0.15) is 13.2 Å². The first-order chi connectivity index (χ1) is 8.80. The second kappa shape index (κ2) is 4.61. The quantitative estimate of drug-likeness (QED) is 0.859. The molecule has 0 radical (unpaired) electrons. The van der Waals surface area contributed by atoms with E-state index in [0.29, 0.717) is 11.3 Å². The predicted octanol–water partition coefficient (Wildman–Crippen LogP) is 3.67. The Labute approximate surface area is 108 Å². The van der Waals surface area contributed by atoms with Gasteiger partial charge in [0.25, 0.3) is 0 Å². The average Bonchev–Trinajstić information content (AvgIpc) is 2.74. The Balaban J connectivity index is 2.62. The van der Waals surface area contributed by atoms with Crippen molar-refractivity contribution >= 4 is 17.3 Å². The number of nitrogens with zero attached hydrogens (tertiary/aromatic N) is 1. The summed E-state index contributed by atoms with van der Waals surface area (Å²) in [6.07, 6.45) is -4.90. The predicted molar refractivity (Wildman–Crippen MR) is 59.5 cm³/mol. The molecule has 1 heterocycles. The zero-order valence-corrected chi connectivity index (χ0v) is 9.85. The van der Waals surface area contributed by atoms with Crippen molar-refractivity contribution in [1.29, 1.82) is 0 Å². The summed E-state index contributed by atoms with van der Waals surface area (Å²) in [5.41, 5.74) is -1.67. The van der Waals surface area contributed by atoms with Gasteiger partial charge in [-0.25, -0.2) is 14.2 Å². The van der Waals surface area contributed by atoms with Gasteiger partial charge in [0.15, 0.2) is 5.69 Å². The SMILES string of the molecule is O=C(O)c1sc(-c2ccccc2F)nc1C(F)(F)F. The second-order valence-corrected chi connectivity index (χ2v) is 4.48. The monoisotopic (exact) mass is 291 g/mol. The number of aromatic carboxylic acids is 1. The van der Waals surface area contributed by atoms with Crippen molar-refractivity contribution in [3.63, 3.8) is 0 Å². The number of aromatic nitrogens is 1. The number of halogens is 4. The summed E-state index contributed by atoms with van der Waals surface area (Å²) in [6, 6.07) is 5.09. The van der Waals surface area contributed by atoms with Gasteiger partial charge >= 0.3 is 12.1 Å². The van der Waals surface area contributed by atoms with Crippen molar-refractivity contribution in [1.82, 2.24) is 4.98 Å². The number of benzene rings is 1. The van der Waals surface area contributed by atoms with Crippen LogP contribution in [0, 0.1) is 5.82 Å². The van der Waals surface area contributed by atoms with Gasteiger partial charge in [-0.1, -0.05) is 12.1 Å². The molecule has 19 heavy (non-hydrogen) atoms. The molecule has 2 rings (SSSR count). The lowest BCUT2D eigenvalue weighted by Gasteiger charge is -2.02. The van der Waals surface area contributed by atoms with E-state index in [2.05, 4.69) is 4.98 Å². The fraction of sp³-hybridized carbons (Fsp3) is 0.0909. The Kier molecular flexibility index (Phi) is 3.27. The van der Waals surface area contributed by atoms with Crippen molar-refractivity contribution in [2.24, 2.45) is 0 Å². The summed E-state index contributed by atoms with van der Waals surface area (Å²) in [5, 5.41) is 8.42. The van der Waals surface area contributed by atoms with Gasteiger partial charge in [0, 0.05) is 5.56 Å². The van der Waals surface area contributed by atoms with Gasteiger partial charge in [-0.05, 0) is 12.1 Å². The number of thiazole rings is 1. The number of carboxylic acid groups (broad SMARTS) is 1. The van der Waals surface area contributed by atoms with E-state index in [1.807, 2.05) is 0 Å². The molecule has 1 aromatic heterocycles. The highest BCUT2D eigenvalue weighted by molar-refractivity contribution is 7.17. The van der Waals surface area contributed by atoms with E-state index in [-0.39, 0.29) is 10.6 Å². The Morgan fingerprint density at radius 3 is 2.37 bits per heavy atom. The lowest BCUT2D eigenvalue weighted by atomic mass is 10.2. The summed E-state index contributed by atoms with van der Waals surface area (Å²) in [4.78, 5) is 13.0. The van der Waals surface area contributed by atoms with E-state index in [1.165, 1.54) is 18.2 Å². The van der Waals surface area contributed by atoms with Gasteiger partial charge < -0.3 is 5.11 Å². The summed E-state index contributed by atoms with van der Waals surface area (Å²) in [7, 11) is 0. The van der Waals surface area contributed by atoms with Crippen molar-refractivity contribution < 1.29 is 27.5 Å². The lowest BCUT2D eigenvalue weighted by Crippen LogP contribution is -2.11. The van der Waals surface area contributed by atoms with Crippen LogP contribution >= 0.6 is 11.3 Å². The van der Waals surface area contributed by atoms with Crippen molar-refractivity contribution in [3.05, 3.63) is 40.7 Å². The number of carbonyl (C=O) groups is 1. The van der Waals surface area contributed by atoms with E-state index >= 15 is 0 Å². The molecule has 0 fully saturated rings. The third-order valence-corrected chi connectivity index (χ3v) is 3.27. The maximum absolute atomic E-state index is 13.5. The first-order valence-electron chi connectivity index (χ1n) is 4.87. The molecule has 100 valence electrons. The van der Waals surface area contributed by atoms with Crippen LogP contribution in [-0.4, -0.2) is 16.1 Å². The highest BCUT2D eigenvalue weighted by atomic mass is 32.1. The highest BCUT2D eigenvalue weighted by Crippen LogP contribution is 2.38. The smallest absolute Gasteiger partial charge is 0.435 e. The normalized spacial score (nSPS) is 11.6. The van der Waals surface area contributed by atoms with Gasteiger partial charge in [-0.15, -0.1) is 11.3 Å². The third kappa shape index (κ3) is 2.58. The number of rotatable bonds is 2. The van der Waals surface area contributed by atoms with Gasteiger partial charge in [0.05, 0.1) is 0 Å². The van der Waals surface area contributed by atoms with Crippen LogP contribution in [0.25, 0.3) is 10.6 Å². The van der Waals surface area contributed by atoms with Gasteiger partial charge in [0.2, 0.25) is 0 Å². The van der Waals surface area contributed by atoms with Crippen molar-refractivity contribution in [2.75, 3.05) is 0 Å². The van der Waals surface area contributed by atoms with Gasteiger partial charge in [-0.3, -0.25) is 0 Å². The molecule has 0 spiro atoms. The Morgan fingerprint density at radius 1 is 1.26 bits per heavy atom. The zero-order valence-electron chi connectivity index (χ0n) is 9.03. The molecule has 0 saturated heterocycles. The van der Waals surface area contributed by atoms with Crippen LogP contribution < -0.4 is 0 Å². The van der Waals surface area contributed by atoms with Crippen LogP contribution in [0.2, 0.25) is 0 Å². The van der Waals surface area contributed by atoms with Crippen molar-refractivity contribution in [2.45, 2.75) is 6.18 Å². The van der Waals surface area contributed by atoms with Gasteiger partial charge in [0.1, 0.15) is 15.7 Å². The largest absolute Gasteiger partial charge is 0.477 e. The van der Waals surface area contributed by atoms with Crippen LogP contribution in [0.15, 0.2) is 24.3 Å². The first-order valence-corrected chi connectivity index (χ1v) is 5.68. The molecule has 0 saturated carbocycles. The molecule has 0 bridgehead atoms. The minimum atomic E-state index is -4.90. The van der Waals surface area contributed by atoms with Crippen molar-refractivity contribution in [3.8, 4) is 10.6 Å². The van der Waals surface area contributed by atoms with E-state index in [4.69, 9.17) is 5.11 Å². The fourth-order valence-corrected chi connectivity index (χ4v) is 2.36. The van der Waals surface area contributed by atoms with Crippen LogP contribution in [0.3, 0.4) is 0 Å². The maximum atomic E-state index is 13.5. The van der Waals surface area contributed by atoms with E-state index in [9.17, 15) is 22.4 Å². The third-order valence-electron chi connectivity index (χ3n) is 2.19. The number of hydrogen-bond donors (Lipinski definition) is 1. The fourth-order valence-electron chi connectivity index (χ4n) is 1.41. The molecular weight excluding hydrogens is 286 g/mol.